The molecule has 1 atom stereocenters. The Morgan fingerprint density at radius 3 is 2.82 bits per heavy atom. The number of halogens is 2. The first-order valence-electron chi connectivity index (χ1n) is 9.54. The monoisotopic (exact) mass is 404 g/mol. The standard InChI is InChI=1S/C21H21FN2O3.ClH/c22-15-1-2-17-20(11-15)27-23-21(17)14-3-6-24(7-4-14)12-13-9-18(25)16-5-8-26-19(16)10-13;/h1-2,5,8,11,13-14H,3-4,6-7,9-10,12H2;1H/t13-;/m0./s1. The molecule has 148 valence electrons. The molecule has 5 rings (SSSR count). The lowest BCUT2D eigenvalue weighted by Crippen LogP contribution is -2.38. The van der Waals surface area contributed by atoms with E-state index in [1.807, 2.05) is 0 Å². The summed E-state index contributed by atoms with van der Waals surface area (Å²) in [4.78, 5) is 14.7. The molecule has 7 heteroatoms. The highest BCUT2D eigenvalue weighted by Crippen LogP contribution is 2.34. The summed E-state index contributed by atoms with van der Waals surface area (Å²) < 4.78 is 24.1. The van der Waals surface area contributed by atoms with Crippen molar-refractivity contribution in [3.05, 3.63) is 53.4 Å². The van der Waals surface area contributed by atoms with Crippen LogP contribution in [0.4, 0.5) is 4.39 Å². The smallest absolute Gasteiger partial charge is 0.170 e. The van der Waals surface area contributed by atoms with Gasteiger partial charge in [-0.2, -0.15) is 0 Å². The summed E-state index contributed by atoms with van der Waals surface area (Å²) in [5.74, 6) is 1.39. The molecule has 1 aliphatic carbocycles. The van der Waals surface area contributed by atoms with Crippen LogP contribution in [0.3, 0.4) is 0 Å². The lowest BCUT2D eigenvalue weighted by Gasteiger charge is -2.34. The first-order valence-corrected chi connectivity index (χ1v) is 9.54. The quantitative estimate of drug-likeness (QED) is 0.638. The number of likely N-dealkylation sites (tertiary alicyclic amines) is 1. The molecule has 1 fully saturated rings. The Kier molecular flexibility index (Phi) is 5.25. The van der Waals surface area contributed by atoms with Gasteiger partial charge in [-0.05, 0) is 50.0 Å². The molecular weight excluding hydrogens is 383 g/mol. The van der Waals surface area contributed by atoms with Crippen molar-refractivity contribution in [3.63, 3.8) is 0 Å². The number of fused-ring (bicyclic) bond motifs is 2. The summed E-state index contributed by atoms with van der Waals surface area (Å²) in [6.07, 6.45) is 5.04. The maximum absolute atomic E-state index is 13.3. The van der Waals surface area contributed by atoms with Gasteiger partial charge in [0.1, 0.15) is 11.6 Å². The molecule has 2 aromatic heterocycles. The van der Waals surface area contributed by atoms with Gasteiger partial charge in [0, 0.05) is 36.8 Å². The van der Waals surface area contributed by atoms with Crippen molar-refractivity contribution < 1.29 is 18.1 Å². The number of Topliss-reactive ketones (excluding diaryl/α,β-unsaturated/α-hetero) is 1. The minimum atomic E-state index is -0.304. The predicted molar refractivity (Wildman–Crippen MR) is 104 cm³/mol. The number of hydrogen-bond donors (Lipinski definition) is 0. The van der Waals surface area contributed by atoms with Crippen molar-refractivity contribution in [3.8, 4) is 0 Å². The number of nitrogens with zero attached hydrogens (tertiary/aromatic N) is 2. The topological polar surface area (TPSA) is 59.5 Å². The second-order valence-corrected chi connectivity index (χ2v) is 7.74. The molecule has 0 radical (unpaired) electrons. The highest BCUT2D eigenvalue weighted by Gasteiger charge is 2.31. The number of carbonyl (C=O) groups is 1. The first-order chi connectivity index (χ1) is 13.2. The fourth-order valence-electron chi connectivity index (χ4n) is 4.56. The van der Waals surface area contributed by atoms with Gasteiger partial charge in [0.25, 0.3) is 0 Å². The first kappa shape index (κ1) is 19.2. The Morgan fingerprint density at radius 1 is 1.18 bits per heavy atom. The number of aromatic nitrogens is 1. The van der Waals surface area contributed by atoms with Gasteiger partial charge in [-0.1, -0.05) is 5.16 Å². The van der Waals surface area contributed by atoms with Crippen LogP contribution in [0.15, 0.2) is 39.5 Å². The van der Waals surface area contributed by atoms with Crippen molar-refractivity contribution in [1.82, 2.24) is 10.1 Å². The molecule has 0 amide bonds. The number of furan rings is 1. The molecule has 0 saturated carbocycles. The van der Waals surface area contributed by atoms with Crippen LogP contribution in [0.25, 0.3) is 11.0 Å². The van der Waals surface area contributed by atoms with E-state index in [1.165, 1.54) is 12.1 Å². The maximum atomic E-state index is 13.3. The zero-order chi connectivity index (χ0) is 18.4. The van der Waals surface area contributed by atoms with E-state index in [9.17, 15) is 9.18 Å². The fraction of sp³-hybridized carbons (Fsp3) is 0.429. The van der Waals surface area contributed by atoms with E-state index in [0.29, 0.717) is 23.8 Å². The molecule has 1 saturated heterocycles. The number of rotatable bonds is 3. The third-order valence-corrected chi connectivity index (χ3v) is 5.95. The van der Waals surface area contributed by atoms with Crippen LogP contribution in [0.5, 0.6) is 0 Å². The average Bonchev–Trinajstić information content (AvgIpc) is 3.29. The normalized spacial score (nSPS) is 20.9. The van der Waals surface area contributed by atoms with Gasteiger partial charge < -0.3 is 13.8 Å². The second kappa shape index (κ2) is 7.68. The minimum Gasteiger partial charge on any atom is -0.469 e. The van der Waals surface area contributed by atoms with Crippen LogP contribution < -0.4 is 0 Å². The molecule has 1 aliphatic heterocycles. The van der Waals surface area contributed by atoms with E-state index in [2.05, 4.69) is 10.1 Å². The van der Waals surface area contributed by atoms with Crippen molar-refractivity contribution in [2.75, 3.05) is 19.6 Å². The summed E-state index contributed by atoms with van der Waals surface area (Å²) in [7, 11) is 0. The van der Waals surface area contributed by atoms with Crippen molar-refractivity contribution in [2.24, 2.45) is 5.92 Å². The number of hydrogen-bond acceptors (Lipinski definition) is 5. The Bertz CT molecular complexity index is 991. The molecule has 1 aromatic carbocycles. The summed E-state index contributed by atoms with van der Waals surface area (Å²) >= 11 is 0. The van der Waals surface area contributed by atoms with Gasteiger partial charge in [0.2, 0.25) is 0 Å². The van der Waals surface area contributed by atoms with Gasteiger partial charge in [0.15, 0.2) is 11.4 Å². The van der Waals surface area contributed by atoms with Gasteiger partial charge in [0.05, 0.1) is 17.5 Å². The highest BCUT2D eigenvalue weighted by molar-refractivity contribution is 5.98. The molecule has 28 heavy (non-hydrogen) atoms. The SMILES string of the molecule is Cl.O=C1C[C@H](CN2CCC(c3noc4cc(F)ccc34)CC2)Cc2occc21. The lowest BCUT2D eigenvalue weighted by atomic mass is 9.86. The summed E-state index contributed by atoms with van der Waals surface area (Å²) in [6.45, 7) is 2.86. The van der Waals surface area contributed by atoms with Gasteiger partial charge >= 0.3 is 0 Å². The number of carbonyl (C=O) groups excluding carboxylic acids is 1. The van der Waals surface area contributed by atoms with Crippen LogP contribution >= 0.6 is 12.4 Å². The van der Waals surface area contributed by atoms with E-state index >= 15 is 0 Å². The Labute approximate surface area is 168 Å². The number of piperidine rings is 1. The molecule has 0 N–H and O–H groups in total. The highest BCUT2D eigenvalue weighted by atomic mass is 35.5. The molecular formula is C21H22ClFN2O3. The van der Waals surface area contributed by atoms with Crippen LogP contribution in [-0.2, 0) is 6.42 Å². The van der Waals surface area contributed by atoms with Crippen LogP contribution in [0.1, 0.15) is 47.0 Å². The summed E-state index contributed by atoms with van der Waals surface area (Å²) in [5.41, 5.74) is 2.22. The number of benzene rings is 1. The van der Waals surface area contributed by atoms with Crippen molar-refractivity contribution in [1.29, 1.82) is 0 Å². The fourth-order valence-corrected chi connectivity index (χ4v) is 4.56. The molecule has 3 aromatic rings. The maximum Gasteiger partial charge on any atom is 0.170 e. The Balaban J connectivity index is 0.00000192. The Hall–Kier alpha value is -2.18. The van der Waals surface area contributed by atoms with Gasteiger partial charge in [-0.3, -0.25) is 4.79 Å². The zero-order valence-corrected chi connectivity index (χ0v) is 16.2. The molecule has 5 nitrogen and oxygen atoms in total. The minimum absolute atomic E-state index is 0. The molecule has 0 unspecified atom stereocenters. The Morgan fingerprint density at radius 2 is 2.00 bits per heavy atom. The van der Waals surface area contributed by atoms with E-state index in [-0.39, 0.29) is 24.0 Å². The predicted octanol–water partition coefficient (Wildman–Crippen LogP) is 4.61. The van der Waals surface area contributed by atoms with E-state index in [1.54, 1.807) is 18.4 Å². The largest absolute Gasteiger partial charge is 0.469 e. The molecule has 0 spiro atoms. The van der Waals surface area contributed by atoms with Gasteiger partial charge in [-0.15, -0.1) is 12.4 Å². The third-order valence-electron chi connectivity index (χ3n) is 5.95. The molecule has 3 heterocycles. The van der Waals surface area contributed by atoms with Gasteiger partial charge in [-0.25, -0.2) is 4.39 Å². The average molecular weight is 405 g/mol. The van der Waals surface area contributed by atoms with Crippen LogP contribution in [0.2, 0.25) is 0 Å². The van der Waals surface area contributed by atoms with Crippen molar-refractivity contribution in [2.45, 2.75) is 31.6 Å². The van der Waals surface area contributed by atoms with Crippen molar-refractivity contribution >= 4 is 29.2 Å². The lowest BCUT2D eigenvalue weighted by molar-refractivity contribution is 0.0914. The second-order valence-electron chi connectivity index (χ2n) is 7.74. The van der Waals surface area contributed by atoms with E-state index in [4.69, 9.17) is 8.94 Å². The van der Waals surface area contributed by atoms with E-state index < -0.39 is 0 Å². The van der Waals surface area contributed by atoms with Crippen LogP contribution in [0, 0.1) is 11.7 Å². The third kappa shape index (κ3) is 3.47. The summed E-state index contributed by atoms with van der Waals surface area (Å²) in [5, 5.41) is 5.13. The molecule has 0 bridgehead atoms. The number of ketones is 1. The van der Waals surface area contributed by atoms with Crippen LogP contribution in [-0.4, -0.2) is 35.5 Å². The molecule has 2 aliphatic rings. The summed E-state index contributed by atoms with van der Waals surface area (Å²) in [6, 6.07) is 6.40. The van der Waals surface area contributed by atoms with E-state index in [0.717, 1.165) is 61.3 Å². The zero-order valence-electron chi connectivity index (χ0n) is 15.4.